The van der Waals surface area contributed by atoms with Crippen molar-refractivity contribution in [1.82, 2.24) is 19.7 Å². The molecule has 0 saturated carbocycles. The van der Waals surface area contributed by atoms with Crippen LogP contribution in [0.1, 0.15) is 40.7 Å². The van der Waals surface area contributed by atoms with E-state index >= 15 is 0 Å². The molecule has 7 nitrogen and oxygen atoms in total. The standard InChI is InChI=1S/C35H41FN4O3/c1-25-6-3-7-26(20-25)21-37-35(41)32-24-39(34-31(32)8-4-9-33(34)42-2)16-5-17-40-28-12-13-29(40)23-38(22-28)18-19-43-30-14-10-27(36)11-15-30/h3-4,6-11,14-15,20,24,28-29H,5,12-13,16-19,21-23H2,1-2H3,(H,37,41)/t28-,29?/m1/s1. The summed E-state index contributed by atoms with van der Waals surface area (Å²) in [7, 11) is 1.69. The number of amides is 1. The number of rotatable bonds is 12. The average molecular weight is 585 g/mol. The van der Waals surface area contributed by atoms with Gasteiger partial charge in [0.15, 0.2) is 0 Å². The number of methoxy groups -OCH3 is 1. The van der Waals surface area contributed by atoms with E-state index < -0.39 is 0 Å². The molecule has 2 bridgehead atoms. The van der Waals surface area contributed by atoms with Crippen molar-refractivity contribution in [2.45, 2.75) is 51.4 Å². The van der Waals surface area contributed by atoms with Gasteiger partial charge in [-0.3, -0.25) is 14.6 Å². The largest absolute Gasteiger partial charge is 0.495 e. The van der Waals surface area contributed by atoms with E-state index in [4.69, 9.17) is 9.47 Å². The molecule has 0 aliphatic carbocycles. The fourth-order valence-corrected chi connectivity index (χ4v) is 6.82. The second kappa shape index (κ2) is 13.2. The van der Waals surface area contributed by atoms with Crippen LogP contribution in [-0.4, -0.2) is 72.3 Å². The van der Waals surface area contributed by atoms with Crippen LogP contribution in [0.5, 0.6) is 11.5 Å². The Labute approximate surface area is 253 Å². The van der Waals surface area contributed by atoms with Crippen molar-refractivity contribution >= 4 is 16.8 Å². The molecule has 1 amide bonds. The lowest BCUT2D eigenvalue weighted by Crippen LogP contribution is -2.54. The van der Waals surface area contributed by atoms with Gasteiger partial charge in [-0.05, 0) is 62.1 Å². The van der Waals surface area contributed by atoms with Crippen LogP contribution in [0, 0.1) is 12.7 Å². The predicted octanol–water partition coefficient (Wildman–Crippen LogP) is 5.65. The van der Waals surface area contributed by atoms with Gasteiger partial charge in [0.1, 0.15) is 23.9 Å². The van der Waals surface area contributed by atoms with Crippen LogP contribution in [0.25, 0.3) is 10.9 Å². The third kappa shape index (κ3) is 6.71. The maximum absolute atomic E-state index is 13.3. The van der Waals surface area contributed by atoms with E-state index in [1.807, 2.05) is 36.5 Å². The number of carbonyl (C=O) groups excluding carboxylic acids is 1. The summed E-state index contributed by atoms with van der Waals surface area (Å²) in [6.07, 6.45) is 5.44. The van der Waals surface area contributed by atoms with Gasteiger partial charge < -0.3 is 19.4 Å². The number of piperazine rings is 1. The molecule has 2 aliphatic rings. The van der Waals surface area contributed by atoms with Crippen LogP contribution < -0.4 is 14.8 Å². The molecule has 3 heterocycles. The van der Waals surface area contributed by atoms with E-state index in [2.05, 4.69) is 38.7 Å². The van der Waals surface area contributed by atoms with Gasteiger partial charge >= 0.3 is 0 Å². The van der Waals surface area contributed by atoms with Crippen molar-refractivity contribution in [1.29, 1.82) is 0 Å². The summed E-state index contributed by atoms with van der Waals surface area (Å²) >= 11 is 0. The smallest absolute Gasteiger partial charge is 0.253 e. The summed E-state index contributed by atoms with van der Waals surface area (Å²) in [5.41, 5.74) is 3.92. The molecular formula is C35H41FN4O3. The fourth-order valence-electron chi connectivity index (χ4n) is 6.82. The van der Waals surface area contributed by atoms with E-state index in [-0.39, 0.29) is 11.7 Å². The van der Waals surface area contributed by atoms with Gasteiger partial charge in [0.05, 0.1) is 18.2 Å². The van der Waals surface area contributed by atoms with Gasteiger partial charge in [-0.15, -0.1) is 0 Å². The van der Waals surface area contributed by atoms with E-state index in [9.17, 15) is 9.18 Å². The summed E-state index contributed by atoms with van der Waals surface area (Å²) in [5, 5.41) is 4.03. The Hall–Kier alpha value is -3.88. The Morgan fingerprint density at radius 3 is 2.49 bits per heavy atom. The molecule has 3 aromatic carbocycles. The van der Waals surface area contributed by atoms with Crippen LogP contribution in [-0.2, 0) is 13.1 Å². The van der Waals surface area contributed by atoms with Crippen LogP contribution in [0.3, 0.4) is 0 Å². The Morgan fingerprint density at radius 2 is 1.74 bits per heavy atom. The van der Waals surface area contributed by atoms with Crippen molar-refractivity contribution in [3.8, 4) is 11.5 Å². The number of carbonyl (C=O) groups is 1. The SMILES string of the molecule is COc1cccc2c(C(=O)NCc3cccc(C)c3)cn(CCCN3C4CC[C@@H]3CN(CCOc3ccc(F)cc3)C4)c12. The minimum absolute atomic E-state index is 0.0731. The number of fused-ring (bicyclic) bond motifs is 3. The van der Waals surface area contributed by atoms with Crippen LogP contribution in [0.2, 0.25) is 0 Å². The first kappa shape index (κ1) is 29.2. The zero-order valence-corrected chi connectivity index (χ0v) is 25.1. The number of hydrogen-bond acceptors (Lipinski definition) is 5. The minimum Gasteiger partial charge on any atom is -0.495 e. The molecule has 2 atom stereocenters. The van der Waals surface area contributed by atoms with E-state index in [0.29, 0.717) is 36.5 Å². The van der Waals surface area contributed by atoms with Crippen molar-refractivity contribution in [2.24, 2.45) is 0 Å². The molecular weight excluding hydrogens is 543 g/mol. The molecule has 2 aliphatic heterocycles. The molecule has 1 unspecified atom stereocenters. The van der Waals surface area contributed by atoms with Crippen molar-refractivity contribution < 1.29 is 18.7 Å². The number of halogens is 1. The molecule has 2 saturated heterocycles. The number of ether oxygens (including phenoxy) is 2. The van der Waals surface area contributed by atoms with Crippen LogP contribution >= 0.6 is 0 Å². The lowest BCUT2D eigenvalue weighted by atomic mass is 10.1. The first-order valence-corrected chi connectivity index (χ1v) is 15.3. The van der Waals surface area contributed by atoms with Crippen molar-refractivity contribution in [2.75, 3.05) is 39.9 Å². The fraction of sp³-hybridized carbons (Fsp3) is 0.400. The van der Waals surface area contributed by atoms with Gasteiger partial charge in [-0.25, -0.2) is 4.39 Å². The number of nitrogens with one attached hydrogen (secondary N) is 1. The molecule has 4 aromatic rings. The molecule has 43 heavy (non-hydrogen) atoms. The van der Waals surface area contributed by atoms with Gasteiger partial charge in [0.2, 0.25) is 0 Å². The average Bonchev–Trinajstić information content (AvgIpc) is 3.50. The monoisotopic (exact) mass is 584 g/mol. The lowest BCUT2D eigenvalue weighted by molar-refractivity contribution is 0.0574. The van der Waals surface area contributed by atoms with Gasteiger partial charge in [-0.1, -0.05) is 42.0 Å². The van der Waals surface area contributed by atoms with E-state index in [1.54, 1.807) is 19.2 Å². The highest BCUT2D eigenvalue weighted by molar-refractivity contribution is 6.08. The summed E-state index contributed by atoms with van der Waals surface area (Å²) in [5.74, 6) is 1.18. The summed E-state index contributed by atoms with van der Waals surface area (Å²) in [6, 6.07) is 21.5. The zero-order valence-electron chi connectivity index (χ0n) is 25.1. The molecule has 1 N–H and O–H groups in total. The normalized spacial score (nSPS) is 18.7. The Balaban J connectivity index is 1.05. The first-order chi connectivity index (χ1) is 21.0. The number of benzene rings is 3. The van der Waals surface area contributed by atoms with Gasteiger partial charge in [-0.2, -0.15) is 0 Å². The van der Waals surface area contributed by atoms with Crippen molar-refractivity contribution in [3.05, 3.63) is 95.4 Å². The summed E-state index contributed by atoms with van der Waals surface area (Å²) in [4.78, 5) is 18.5. The number of aryl methyl sites for hydroxylation is 2. The Kier molecular flexibility index (Phi) is 8.95. The van der Waals surface area contributed by atoms with E-state index in [1.165, 1.54) is 30.5 Å². The second-order valence-corrected chi connectivity index (χ2v) is 11.8. The number of likely N-dealkylation sites (tertiary alicyclic amines) is 1. The van der Waals surface area contributed by atoms with Crippen LogP contribution in [0.4, 0.5) is 4.39 Å². The van der Waals surface area contributed by atoms with E-state index in [0.717, 1.165) is 61.4 Å². The van der Waals surface area contributed by atoms with Crippen LogP contribution in [0.15, 0.2) is 72.9 Å². The molecule has 0 radical (unpaired) electrons. The topological polar surface area (TPSA) is 59.0 Å². The predicted molar refractivity (Wildman–Crippen MR) is 167 cm³/mol. The second-order valence-electron chi connectivity index (χ2n) is 11.8. The molecule has 1 aromatic heterocycles. The molecule has 8 heteroatoms. The quantitative estimate of drug-likeness (QED) is 0.234. The number of hydrogen-bond donors (Lipinski definition) is 1. The molecule has 2 fully saturated rings. The van der Waals surface area contributed by atoms with Gasteiger partial charge in [0.25, 0.3) is 5.91 Å². The number of para-hydroxylation sites is 1. The Morgan fingerprint density at radius 1 is 0.977 bits per heavy atom. The maximum Gasteiger partial charge on any atom is 0.253 e. The van der Waals surface area contributed by atoms with Gasteiger partial charge in [0, 0.05) is 62.9 Å². The molecule has 226 valence electrons. The number of nitrogens with zero attached hydrogens (tertiary/aromatic N) is 3. The highest BCUT2D eigenvalue weighted by Gasteiger charge is 2.39. The lowest BCUT2D eigenvalue weighted by Gasteiger charge is -2.41. The summed E-state index contributed by atoms with van der Waals surface area (Å²) in [6.45, 7) is 7.97. The number of aromatic nitrogens is 1. The molecule has 0 spiro atoms. The minimum atomic E-state index is -0.246. The highest BCUT2D eigenvalue weighted by atomic mass is 19.1. The first-order valence-electron chi connectivity index (χ1n) is 15.3. The molecule has 6 rings (SSSR count). The summed E-state index contributed by atoms with van der Waals surface area (Å²) < 4.78 is 26.9. The maximum atomic E-state index is 13.3. The third-order valence-electron chi connectivity index (χ3n) is 8.88. The van der Waals surface area contributed by atoms with Crippen molar-refractivity contribution in [3.63, 3.8) is 0 Å². The Bertz CT molecular complexity index is 1540. The zero-order chi connectivity index (χ0) is 29.8. The third-order valence-corrected chi connectivity index (χ3v) is 8.88. The highest BCUT2D eigenvalue weighted by Crippen LogP contribution is 2.32.